The first kappa shape index (κ1) is 9.43. The molecule has 0 spiro atoms. The standard InChI is InChI=1S/C7H14O3/c1-3-6(2)5-10-7(9)4-8/h6,8H,3-5H2,1-2H3/t6-/m0/s1. The summed E-state index contributed by atoms with van der Waals surface area (Å²) in [5.74, 6) is -0.157. The van der Waals surface area contributed by atoms with E-state index in [4.69, 9.17) is 5.11 Å². The van der Waals surface area contributed by atoms with Gasteiger partial charge in [-0.2, -0.15) is 0 Å². The zero-order chi connectivity index (χ0) is 7.98. The van der Waals surface area contributed by atoms with Crippen molar-refractivity contribution >= 4 is 5.97 Å². The van der Waals surface area contributed by atoms with E-state index in [0.717, 1.165) is 6.42 Å². The lowest BCUT2D eigenvalue weighted by Gasteiger charge is -2.07. The first-order valence-corrected chi connectivity index (χ1v) is 3.47. The SMILES string of the molecule is CC[C@H](C)COC(=O)CO. The summed E-state index contributed by atoms with van der Waals surface area (Å²) in [5.41, 5.74) is 0. The van der Waals surface area contributed by atoms with Crippen molar-refractivity contribution in [3.63, 3.8) is 0 Å². The van der Waals surface area contributed by atoms with Crippen LogP contribution in [0, 0.1) is 5.92 Å². The largest absolute Gasteiger partial charge is 0.464 e. The van der Waals surface area contributed by atoms with Gasteiger partial charge in [-0.1, -0.05) is 20.3 Å². The van der Waals surface area contributed by atoms with Crippen molar-refractivity contribution in [2.24, 2.45) is 5.92 Å². The molecule has 0 radical (unpaired) electrons. The number of rotatable bonds is 4. The molecule has 0 aliphatic carbocycles. The zero-order valence-electron chi connectivity index (χ0n) is 6.46. The molecular weight excluding hydrogens is 132 g/mol. The first-order chi connectivity index (χ1) is 4.70. The van der Waals surface area contributed by atoms with Gasteiger partial charge in [-0.25, -0.2) is 4.79 Å². The molecule has 3 heteroatoms. The Kier molecular flexibility index (Phi) is 4.94. The lowest BCUT2D eigenvalue weighted by molar-refractivity contribution is -0.148. The van der Waals surface area contributed by atoms with Crippen molar-refractivity contribution in [2.75, 3.05) is 13.2 Å². The van der Waals surface area contributed by atoms with E-state index in [1.807, 2.05) is 13.8 Å². The Morgan fingerprint density at radius 1 is 1.70 bits per heavy atom. The van der Waals surface area contributed by atoms with Gasteiger partial charge in [-0.3, -0.25) is 0 Å². The van der Waals surface area contributed by atoms with Crippen LogP contribution in [0.1, 0.15) is 20.3 Å². The molecule has 0 heterocycles. The molecule has 1 atom stereocenters. The first-order valence-electron chi connectivity index (χ1n) is 3.47. The number of esters is 1. The highest BCUT2D eigenvalue weighted by atomic mass is 16.5. The quantitative estimate of drug-likeness (QED) is 0.590. The van der Waals surface area contributed by atoms with Crippen molar-refractivity contribution in [3.8, 4) is 0 Å². The fraction of sp³-hybridized carbons (Fsp3) is 0.857. The van der Waals surface area contributed by atoms with Gasteiger partial charge in [0.05, 0.1) is 6.61 Å². The minimum atomic E-state index is -0.541. The van der Waals surface area contributed by atoms with Crippen molar-refractivity contribution in [1.29, 1.82) is 0 Å². The molecule has 60 valence electrons. The Balaban J connectivity index is 3.26. The van der Waals surface area contributed by atoms with E-state index in [-0.39, 0.29) is 0 Å². The lowest BCUT2D eigenvalue weighted by atomic mass is 10.1. The normalized spacial score (nSPS) is 12.7. The minimum absolute atomic E-state index is 0.385. The van der Waals surface area contributed by atoms with Gasteiger partial charge in [0.15, 0.2) is 0 Å². The summed E-state index contributed by atoms with van der Waals surface area (Å²) in [6.07, 6.45) is 0.985. The number of aliphatic hydroxyl groups excluding tert-OH is 1. The third-order valence-corrected chi connectivity index (χ3v) is 1.35. The van der Waals surface area contributed by atoms with Crippen molar-refractivity contribution < 1.29 is 14.6 Å². The molecule has 0 unspecified atom stereocenters. The van der Waals surface area contributed by atoms with Crippen molar-refractivity contribution in [1.82, 2.24) is 0 Å². The third-order valence-electron chi connectivity index (χ3n) is 1.35. The van der Waals surface area contributed by atoms with Crippen LogP contribution in [-0.4, -0.2) is 24.3 Å². The number of hydrogen-bond acceptors (Lipinski definition) is 3. The van der Waals surface area contributed by atoms with E-state index < -0.39 is 12.6 Å². The zero-order valence-corrected chi connectivity index (χ0v) is 6.46. The van der Waals surface area contributed by atoms with E-state index in [2.05, 4.69) is 4.74 Å². The Bertz CT molecular complexity index is 101. The Morgan fingerprint density at radius 2 is 2.30 bits per heavy atom. The molecule has 0 bridgehead atoms. The maximum atomic E-state index is 10.4. The van der Waals surface area contributed by atoms with E-state index in [1.54, 1.807) is 0 Å². The highest BCUT2D eigenvalue weighted by Gasteiger charge is 2.02. The predicted molar refractivity (Wildman–Crippen MR) is 37.5 cm³/mol. The van der Waals surface area contributed by atoms with Gasteiger partial charge in [0.2, 0.25) is 0 Å². The summed E-state index contributed by atoms with van der Waals surface area (Å²) in [7, 11) is 0. The number of carbonyl (C=O) groups is 1. The molecule has 0 aliphatic heterocycles. The van der Waals surface area contributed by atoms with Crippen LogP contribution in [-0.2, 0) is 9.53 Å². The fourth-order valence-electron chi connectivity index (χ4n) is 0.399. The van der Waals surface area contributed by atoms with Crippen molar-refractivity contribution in [3.05, 3.63) is 0 Å². The summed E-state index contributed by atoms with van der Waals surface area (Å²) in [6, 6.07) is 0. The Morgan fingerprint density at radius 3 is 2.70 bits per heavy atom. The van der Waals surface area contributed by atoms with Crippen LogP contribution in [0.15, 0.2) is 0 Å². The van der Waals surface area contributed by atoms with E-state index >= 15 is 0 Å². The fourth-order valence-corrected chi connectivity index (χ4v) is 0.399. The van der Waals surface area contributed by atoms with Gasteiger partial charge in [0.1, 0.15) is 6.61 Å². The van der Waals surface area contributed by atoms with Crippen LogP contribution in [0.25, 0.3) is 0 Å². The second-order valence-electron chi connectivity index (χ2n) is 2.35. The Labute approximate surface area is 61.0 Å². The number of hydrogen-bond donors (Lipinski definition) is 1. The molecule has 10 heavy (non-hydrogen) atoms. The van der Waals surface area contributed by atoms with E-state index in [9.17, 15) is 4.79 Å². The van der Waals surface area contributed by atoms with Crippen LogP contribution >= 0.6 is 0 Å². The highest BCUT2D eigenvalue weighted by molar-refractivity contribution is 5.70. The number of carbonyl (C=O) groups excluding carboxylic acids is 1. The smallest absolute Gasteiger partial charge is 0.331 e. The van der Waals surface area contributed by atoms with Crippen LogP contribution < -0.4 is 0 Å². The molecule has 0 saturated heterocycles. The van der Waals surface area contributed by atoms with Crippen LogP contribution in [0.3, 0.4) is 0 Å². The molecule has 0 aromatic rings. The summed E-state index contributed by atoms with van der Waals surface area (Å²) in [5, 5.41) is 8.25. The summed E-state index contributed by atoms with van der Waals surface area (Å²) in [6.45, 7) is 3.91. The van der Waals surface area contributed by atoms with Crippen LogP contribution in [0.2, 0.25) is 0 Å². The number of ether oxygens (including phenoxy) is 1. The second kappa shape index (κ2) is 5.23. The number of aliphatic hydroxyl groups is 1. The molecule has 1 N–H and O–H groups in total. The maximum absolute atomic E-state index is 10.4. The van der Waals surface area contributed by atoms with Gasteiger partial charge in [-0.05, 0) is 5.92 Å². The van der Waals surface area contributed by atoms with Gasteiger partial charge in [0, 0.05) is 0 Å². The molecule has 0 fully saturated rings. The van der Waals surface area contributed by atoms with Crippen molar-refractivity contribution in [2.45, 2.75) is 20.3 Å². The van der Waals surface area contributed by atoms with Gasteiger partial charge >= 0.3 is 5.97 Å². The van der Waals surface area contributed by atoms with E-state index in [1.165, 1.54) is 0 Å². The third kappa shape index (κ3) is 4.32. The monoisotopic (exact) mass is 146 g/mol. The summed E-state index contributed by atoms with van der Waals surface area (Å²) < 4.78 is 4.65. The average molecular weight is 146 g/mol. The van der Waals surface area contributed by atoms with Gasteiger partial charge in [-0.15, -0.1) is 0 Å². The van der Waals surface area contributed by atoms with Gasteiger partial charge in [0.25, 0.3) is 0 Å². The van der Waals surface area contributed by atoms with E-state index in [0.29, 0.717) is 12.5 Å². The highest BCUT2D eigenvalue weighted by Crippen LogP contribution is 1.99. The molecule has 0 rings (SSSR count). The minimum Gasteiger partial charge on any atom is -0.464 e. The van der Waals surface area contributed by atoms with Gasteiger partial charge < -0.3 is 9.84 Å². The molecular formula is C7H14O3. The van der Waals surface area contributed by atoms with Crippen LogP contribution in [0.5, 0.6) is 0 Å². The summed E-state index contributed by atoms with van der Waals surface area (Å²) >= 11 is 0. The van der Waals surface area contributed by atoms with Crippen LogP contribution in [0.4, 0.5) is 0 Å². The summed E-state index contributed by atoms with van der Waals surface area (Å²) in [4.78, 5) is 10.4. The molecule has 0 aliphatic rings. The molecule has 3 nitrogen and oxygen atoms in total. The lowest BCUT2D eigenvalue weighted by Crippen LogP contribution is -2.13. The molecule has 0 amide bonds. The average Bonchev–Trinajstić information content (AvgIpc) is 1.99. The topological polar surface area (TPSA) is 46.5 Å². The predicted octanol–water partition coefficient (Wildman–Crippen LogP) is 0.568. The Hall–Kier alpha value is -0.570. The maximum Gasteiger partial charge on any atom is 0.331 e. The second-order valence-corrected chi connectivity index (χ2v) is 2.35. The molecule has 0 saturated carbocycles. The molecule has 0 aromatic heterocycles. The molecule has 0 aromatic carbocycles.